The Morgan fingerprint density at radius 1 is 1.44 bits per heavy atom. The van der Waals surface area contributed by atoms with E-state index in [0.717, 1.165) is 31.8 Å². The smallest absolute Gasteiger partial charge is 0.307 e. The molecule has 1 rings (SSSR count). The van der Waals surface area contributed by atoms with E-state index in [2.05, 4.69) is 25.7 Å². The van der Waals surface area contributed by atoms with Gasteiger partial charge in [0.2, 0.25) is 0 Å². The molecule has 94 valence electrons. The fraction of sp³-hybridized carbons (Fsp3) is 0.923. The van der Waals surface area contributed by atoms with Crippen LogP contribution in [0.25, 0.3) is 0 Å². The van der Waals surface area contributed by atoms with E-state index in [1.165, 1.54) is 12.8 Å². The third kappa shape index (κ3) is 3.48. The van der Waals surface area contributed by atoms with Gasteiger partial charge in [0.25, 0.3) is 0 Å². The number of carbonyl (C=O) groups is 1. The molecule has 1 heterocycles. The molecule has 0 aromatic heterocycles. The van der Waals surface area contributed by atoms with Gasteiger partial charge in [0.05, 0.1) is 5.92 Å². The lowest BCUT2D eigenvalue weighted by Gasteiger charge is -2.28. The van der Waals surface area contributed by atoms with Crippen LogP contribution in [-0.4, -0.2) is 35.1 Å². The van der Waals surface area contributed by atoms with Gasteiger partial charge in [0.15, 0.2) is 0 Å². The number of aliphatic carboxylic acids is 1. The van der Waals surface area contributed by atoms with Crippen LogP contribution in [0.5, 0.6) is 0 Å². The monoisotopic (exact) mass is 227 g/mol. The Labute approximate surface area is 98.8 Å². The van der Waals surface area contributed by atoms with E-state index in [9.17, 15) is 4.79 Å². The number of hydrogen-bond acceptors (Lipinski definition) is 2. The largest absolute Gasteiger partial charge is 0.481 e. The first-order valence-corrected chi connectivity index (χ1v) is 6.55. The fourth-order valence-corrected chi connectivity index (χ4v) is 2.53. The van der Waals surface area contributed by atoms with Gasteiger partial charge in [-0.05, 0) is 31.7 Å². The minimum atomic E-state index is -0.624. The molecule has 16 heavy (non-hydrogen) atoms. The first-order chi connectivity index (χ1) is 7.58. The summed E-state index contributed by atoms with van der Waals surface area (Å²) in [4.78, 5) is 13.3. The Morgan fingerprint density at radius 3 is 2.56 bits per heavy atom. The molecule has 0 amide bonds. The van der Waals surface area contributed by atoms with Gasteiger partial charge in [-0.25, -0.2) is 0 Å². The van der Waals surface area contributed by atoms with Gasteiger partial charge >= 0.3 is 5.97 Å². The number of likely N-dealkylation sites (tertiary alicyclic amines) is 1. The van der Waals surface area contributed by atoms with Crippen LogP contribution in [0.15, 0.2) is 0 Å². The van der Waals surface area contributed by atoms with E-state index in [4.69, 9.17) is 5.11 Å². The molecule has 3 unspecified atom stereocenters. The summed E-state index contributed by atoms with van der Waals surface area (Å²) in [5.74, 6) is -0.0132. The lowest BCUT2D eigenvalue weighted by atomic mass is 9.97. The van der Waals surface area contributed by atoms with Crippen LogP contribution in [-0.2, 0) is 4.79 Å². The zero-order valence-electron chi connectivity index (χ0n) is 10.8. The van der Waals surface area contributed by atoms with Crippen LogP contribution in [0.2, 0.25) is 0 Å². The molecular formula is C13H25NO2. The van der Waals surface area contributed by atoms with Crippen molar-refractivity contribution in [2.24, 2.45) is 11.8 Å². The van der Waals surface area contributed by atoms with Crippen LogP contribution in [0.4, 0.5) is 0 Å². The van der Waals surface area contributed by atoms with E-state index in [-0.39, 0.29) is 5.92 Å². The minimum Gasteiger partial charge on any atom is -0.481 e. The highest BCUT2D eigenvalue weighted by atomic mass is 16.4. The second-order valence-corrected chi connectivity index (χ2v) is 5.13. The van der Waals surface area contributed by atoms with Gasteiger partial charge in [-0.1, -0.05) is 27.2 Å². The van der Waals surface area contributed by atoms with Crippen LogP contribution < -0.4 is 0 Å². The normalized spacial score (nSPS) is 25.6. The van der Waals surface area contributed by atoms with Gasteiger partial charge in [-0.15, -0.1) is 0 Å². The number of hydrogen-bond donors (Lipinski definition) is 1. The zero-order chi connectivity index (χ0) is 12.1. The second kappa shape index (κ2) is 6.24. The van der Waals surface area contributed by atoms with Crippen LogP contribution in [0.1, 0.15) is 46.5 Å². The summed E-state index contributed by atoms with van der Waals surface area (Å²) >= 11 is 0. The maximum absolute atomic E-state index is 10.9. The molecule has 1 N–H and O–H groups in total. The third-order valence-electron chi connectivity index (χ3n) is 3.93. The van der Waals surface area contributed by atoms with Crippen molar-refractivity contribution in [2.45, 2.75) is 52.5 Å². The Kier molecular flexibility index (Phi) is 5.26. The number of nitrogens with zero attached hydrogens (tertiary/aromatic N) is 1. The van der Waals surface area contributed by atoms with Crippen LogP contribution in [0, 0.1) is 11.8 Å². The Morgan fingerprint density at radius 2 is 2.12 bits per heavy atom. The number of carboxylic acids is 1. The first kappa shape index (κ1) is 13.5. The Hall–Kier alpha value is -0.570. The summed E-state index contributed by atoms with van der Waals surface area (Å²) in [7, 11) is 0. The summed E-state index contributed by atoms with van der Waals surface area (Å²) in [5.41, 5.74) is 0. The maximum Gasteiger partial charge on any atom is 0.307 e. The molecule has 0 saturated carbocycles. The molecule has 3 atom stereocenters. The molecule has 0 aromatic rings. The minimum absolute atomic E-state index is 0.133. The summed E-state index contributed by atoms with van der Waals surface area (Å²) in [6.45, 7) is 8.44. The summed E-state index contributed by atoms with van der Waals surface area (Å²) in [6, 6.07) is 0.583. The quantitative estimate of drug-likeness (QED) is 0.758. The summed E-state index contributed by atoms with van der Waals surface area (Å²) in [6.07, 6.45) is 4.38. The Bertz CT molecular complexity index is 230. The SMILES string of the molecule is CCC(C)CC(CC)N1CCC(C(=O)O)C1. The van der Waals surface area contributed by atoms with Crippen molar-refractivity contribution in [1.82, 2.24) is 4.90 Å². The molecule has 0 bridgehead atoms. The average molecular weight is 227 g/mol. The summed E-state index contributed by atoms with van der Waals surface area (Å²) < 4.78 is 0. The highest BCUT2D eigenvalue weighted by Gasteiger charge is 2.31. The number of rotatable bonds is 6. The molecule has 0 aliphatic carbocycles. The molecule has 1 aliphatic rings. The van der Waals surface area contributed by atoms with Crippen molar-refractivity contribution >= 4 is 5.97 Å². The molecule has 3 nitrogen and oxygen atoms in total. The van der Waals surface area contributed by atoms with Crippen molar-refractivity contribution in [2.75, 3.05) is 13.1 Å². The van der Waals surface area contributed by atoms with E-state index in [0.29, 0.717) is 6.04 Å². The van der Waals surface area contributed by atoms with E-state index in [1.54, 1.807) is 0 Å². The molecule has 0 radical (unpaired) electrons. The molecule has 3 heteroatoms. The first-order valence-electron chi connectivity index (χ1n) is 6.55. The standard InChI is InChI=1S/C13H25NO2/c1-4-10(3)8-12(5-2)14-7-6-11(9-14)13(15)16/h10-12H,4-9H2,1-3H3,(H,15,16). The van der Waals surface area contributed by atoms with Crippen LogP contribution in [0.3, 0.4) is 0 Å². The molecule has 0 spiro atoms. The molecule has 1 fully saturated rings. The highest BCUT2D eigenvalue weighted by Crippen LogP contribution is 2.24. The second-order valence-electron chi connectivity index (χ2n) is 5.13. The topological polar surface area (TPSA) is 40.5 Å². The van der Waals surface area contributed by atoms with E-state index < -0.39 is 5.97 Å². The zero-order valence-corrected chi connectivity index (χ0v) is 10.8. The predicted molar refractivity (Wildman–Crippen MR) is 65.5 cm³/mol. The molecule has 1 aliphatic heterocycles. The lowest BCUT2D eigenvalue weighted by molar-refractivity contribution is -0.141. The number of carboxylic acid groups (broad SMARTS) is 1. The molecular weight excluding hydrogens is 202 g/mol. The van der Waals surface area contributed by atoms with Crippen molar-refractivity contribution in [3.05, 3.63) is 0 Å². The van der Waals surface area contributed by atoms with Gasteiger partial charge in [0.1, 0.15) is 0 Å². The van der Waals surface area contributed by atoms with Gasteiger partial charge in [0, 0.05) is 12.6 Å². The summed E-state index contributed by atoms with van der Waals surface area (Å²) in [5, 5.41) is 8.99. The van der Waals surface area contributed by atoms with Crippen molar-refractivity contribution in [1.29, 1.82) is 0 Å². The van der Waals surface area contributed by atoms with Crippen molar-refractivity contribution < 1.29 is 9.90 Å². The van der Waals surface area contributed by atoms with Crippen molar-refractivity contribution in [3.8, 4) is 0 Å². The van der Waals surface area contributed by atoms with Crippen LogP contribution >= 0.6 is 0 Å². The lowest BCUT2D eigenvalue weighted by Crippen LogP contribution is -2.35. The molecule has 1 saturated heterocycles. The Balaban J connectivity index is 2.46. The fourth-order valence-electron chi connectivity index (χ4n) is 2.53. The van der Waals surface area contributed by atoms with E-state index >= 15 is 0 Å². The van der Waals surface area contributed by atoms with Gasteiger partial charge in [-0.2, -0.15) is 0 Å². The highest BCUT2D eigenvalue weighted by molar-refractivity contribution is 5.70. The van der Waals surface area contributed by atoms with E-state index in [1.807, 2.05) is 0 Å². The molecule has 0 aromatic carbocycles. The maximum atomic E-state index is 10.9. The van der Waals surface area contributed by atoms with Crippen molar-refractivity contribution in [3.63, 3.8) is 0 Å². The van der Waals surface area contributed by atoms with Gasteiger partial charge in [-0.3, -0.25) is 9.69 Å². The predicted octanol–water partition coefficient (Wildman–Crippen LogP) is 2.61. The third-order valence-corrected chi connectivity index (χ3v) is 3.93. The van der Waals surface area contributed by atoms with Gasteiger partial charge < -0.3 is 5.11 Å². The average Bonchev–Trinajstić information content (AvgIpc) is 2.74.